The molecular weight excluding hydrogens is 471 g/mol. The first-order valence-corrected chi connectivity index (χ1v) is 9.02. The van der Waals surface area contributed by atoms with Crippen molar-refractivity contribution in [1.82, 2.24) is 35.0 Å². The van der Waals surface area contributed by atoms with Crippen LogP contribution in [0.5, 0.6) is 0 Å². The van der Waals surface area contributed by atoms with E-state index in [1.165, 1.54) is 0 Å². The van der Waals surface area contributed by atoms with Crippen molar-refractivity contribution in [3.8, 4) is 0 Å². The SMILES string of the molecule is CCNC(=NCC(C)(O)c1cnn(C)c1)NCCc1nnc2ccccn12.I. The van der Waals surface area contributed by atoms with Gasteiger partial charge < -0.3 is 15.7 Å². The Bertz CT molecular complexity index is 917. The van der Waals surface area contributed by atoms with Crippen LogP contribution in [-0.2, 0) is 19.1 Å². The number of nitrogens with one attached hydrogen (secondary N) is 2. The zero-order valence-electron chi connectivity index (χ0n) is 16.3. The maximum atomic E-state index is 10.7. The van der Waals surface area contributed by atoms with Crippen LogP contribution in [0, 0.1) is 0 Å². The molecule has 0 bridgehead atoms. The van der Waals surface area contributed by atoms with Crippen molar-refractivity contribution >= 4 is 35.6 Å². The molecule has 10 heteroatoms. The molecule has 3 aromatic rings. The quantitative estimate of drug-likeness (QED) is 0.256. The van der Waals surface area contributed by atoms with Gasteiger partial charge in [-0.15, -0.1) is 34.2 Å². The Morgan fingerprint density at radius 2 is 2.11 bits per heavy atom. The summed E-state index contributed by atoms with van der Waals surface area (Å²) in [5.41, 5.74) is 0.486. The van der Waals surface area contributed by atoms with E-state index in [0.29, 0.717) is 18.9 Å². The molecule has 1 atom stereocenters. The van der Waals surface area contributed by atoms with Crippen LogP contribution in [0.15, 0.2) is 41.8 Å². The van der Waals surface area contributed by atoms with Crippen molar-refractivity contribution in [3.63, 3.8) is 0 Å². The maximum absolute atomic E-state index is 10.7. The number of aliphatic hydroxyl groups is 1. The molecule has 0 saturated carbocycles. The third-order valence-corrected chi connectivity index (χ3v) is 4.24. The van der Waals surface area contributed by atoms with Crippen molar-refractivity contribution in [1.29, 1.82) is 0 Å². The molecule has 28 heavy (non-hydrogen) atoms. The van der Waals surface area contributed by atoms with E-state index in [1.807, 2.05) is 42.8 Å². The van der Waals surface area contributed by atoms with Gasteiger partial charge in [0.05, 0.1) is 12.7 Å². The fourth-order valence-electron chi connectivity index (χ4n) is 2.72. The van der Waals surface area contributed by atoms with Crippen LogP contribution in [0.25, 0.3) is 5.65 Å². The largest absolute Gasteiger partial charge is 0.383 e. The number of guanidine groups is 1. The molecule has 0 fully saturated rings. The van der Waals surface area contributed by atoms with Crippen LogP contribution in [0.2, 0.25) is 0 Å². The second-order valence-corrected chi connectivity index (χ2v) is 6.59. The van der Waals surface area contributed by atoms with Gasteiger partial charge in [0.1, 0.15) is 11.4 Å². The van der Waals surface area contributed by atoms with Gasteiger partial charge in [0.2, 0.25) is 0 Å². The predicted molar refractivity (Wildman–Crippen MR) is 119 cm³/mol. The minimum Gasteiger partial charge on any atom is -0.383 e. The lowest BCUT2D eigenvalue weighted by Gasteiger charge is -2.20. The first-order valence-electron chi connectivity index (χ1n) is 9.02. The monoisotopic (exact) mass is 498 g/mol. The number of nitrogens with zero attached hydrogens (tertiary/aromatic N) is 6. The van der Waals surface area contributed by atoms with Gasteiger partial charge in [0, 0.05) is 44.5 Å². The molecule has 3 rings (SSSR count). The van der Waals surface area contributed by atoms with Crippen molar-refractivity contribution in [2.75, 3.05) is 19.6 Å². The van der Waals surface area contributed by atoms with Crippen LogP contribution in [0.1, 0.15) is 25.2 Å². The van der Waals surface area contributed by atoms with E-state index in [2.05, 4.69) is 30.9 Å². The third-order valence-electron chi connectivity index (χ3n) is 4.24. The fraction of sp³-hybridized carbons (Fsp3) is 0.444. The van der Waals surface area contributed by atoms with Gasteiger partial charge in [-0.25, -0.2) is 4.99 Å². The molecule has 3 heterocycles. The Hall–Kier alpha value is -2.21. The van der Waals surface area contributed by atoms with Crippen LogP contribution in [0.4, 0.5) is 0 Å². The molecule has 0 amide bonds. The van der Waals surface area contributed by atoms with Crippen LogP contribution < -0.4 is 10.6 Å². The Balaban J connectivity index is 0.00000280. The molecule has 0 spiro atoms. The summed E-state index contributed by atoms with van der Waals surface area (Å²) in [5.74, 6) is 1.53. The Kier molecular flexibility index (Phi) is 7.75. The standard InChI is InChI=1S/C18H26N8O.HI/c1-4-19-17(21-13-18(2,27)14-11-22-25(3)12-14)20-9-8-16-24-23-15-7-5-6-10-26(15)16;/h5-7,10-12,27H,4,8-9,13H2,1-3H3,(H2,19,20,21);1H. The average molecular weight is 498 g/mol. The minimum absolute atomic E-state index is 0. The molecule has 0 aliphatic heterocycles. The Labute approximate surface area is 181 Å². The molecular formula is C18H27IN8O. The lowest BCUT2D eigenvalue weighted by Crippen LogP contribution is -2.39. The zero-order chi connectivity index (χ0) is 19.3. The average Bonchev–Trinajstić information content (AvgIpc) is 3.27. The lowest BCUT2D eigenvalue weighted by molar-refractivity contribution is 0.0672. The molecule has 0 aliphatic rings. The summed E-state index contributed by atoms with van der Waals surface area (Å²) in [6.07, 6.45) is 6.11. The molecule has 152 valence electrons. The van der Waals surface area contributed by atoms with Gasteiger partial charge in [-0.3, -0.25) is 9.08 Å². The second kappa shape index (κ2) is 9.82. The highest BCUT2D eigenvalue weighted by Gasteiger charge is 2.24. The first-order chi connectivity index (χ1) is 13.0. The van der Waals surface area contributed by atoms with Crippen molar-refractivity contribution in [2.45, 2.75) is 25.9 Å². The fourth-order valence-corrected chi connectivity index (χ4v) is 2.72. The maximum Gasteiger partial charge on any atom is 0.191 e. The summed E-state index contributed by atoms with van der Waals surface area (Å²) in [6.45, 7) is 5.34. The number of hydrogen-bond acceptors (Lipinski definition) is 5. The zero-order valence-corrected chi connectivity index (χ0v) is 18.7. The van der Waals surface area contributed by atoms with Gasteiger partial charge >= 0.3 is 0 Å². The predicted octanol–water partition coefficient (Wildman–Crippen LogP) is 1.09. The highest BCUT2D eigenvalue weighted by atomic mass is 127. The second-order valence-electron chi connectivity index (χ2n) is 6.59. The highest BCUT2D eigenvalue weighted by Crippen LogP contribution is 2.19. The van der Waals surface area contributed by atoms with Crippen molar-refractivity contribution in [2.24, 2.45) is 12.0 Å². The number of halogens is 1. The molecule has 0 aromatic carbocycles. The van der Waals surface area contributed by atoms with E-state index in [-0.39, 0.29) is 30.5 Å². The number of fused-ring (bicyclic) bond motifs is 1. The summed E-state index contributed by atoms with van der Waals surface area (Å²) in [7, 11) is 1.82. The van der Waals surface area contributed by atoms with Crippen LogP contribution >= 0.6 is 24.0 Å². The van der Waals surface area contributed by atoms with E-state index < -0.39 is 5.60 Å². The third kappa shape index (κ3) is 5.41. The molecule has 3 N–H and O–H groups in total. The van der Waals surface area contributed by atoms with Crippen LogP contribution in [-0.4, -0.2) is 55.1 Å². The van der Waals surface area contributed by atoms with Crippen molar-refractivity contribution in [3.05, 3.63) is 48.2 Å². The number of hydrogen-bond donors (Lipinski definition) is 3. The number of pyridine rings is 1. The van der Waals surface area contributed by atoms with E-state index in [0.717, 1.165) is 23.6 Å². The van der Waals surface area contributed by atoms with Gasteiger partial charge in [-0.1, -0.05) is 6.07 Å². The normalized spacial score (nSPS) is 13.8. The summed E-state index contributed by atoms with van der Waals surface area (Å²) in [6, 6.07) is 5.82. The molecule has 0 aliphatic carbocycles. The molecule has 9 nitrogen and oxygen atoms in total. The Morgan fingerprint density at radius 1 is 1.29 bits per heavy atom. The van der Waals surface area contributed by atoms with Gasteiger partial charge in [-0.2, -0.15) is 5.10 Å². The van der Waals surface area contributed by atoms with E-state index in [9.17, 15) is 5.11 Å². The molecule has 0 saturated heterocycles. The lowest BCUT2D eigenvalue weighted by atomic mass is 10.0. The summed E-state index contributed by atoms with van der Waals surface area (Å²) < 4.78 is 3.64. The minimum atomic E-state index is -1.08. The van der Waals surface area contributed by atoms with Gasteiger partial charge in [0.15, 0.2) is 11.6 Å². The van der Waals surface area contributed by atoms with Crippen LogP contribution in [0.3, 0.4) is 0 Å². The number of aryl methyl sites for hydroxylation is 1. The number of aliphatic imine (C=N–C) groups is 1. The van der Waals surface area contributed by atoms with Crippen molar-refractivity contribution < 1.29 is 5.11 Å². The molecule has 3 aromatic heterocycles. The molecule has 0 radical (unpaired) electrons. The number of aromatic nitrogens is 5. The summed E-state index contributed by atoms with van der Waals surface area (Å²) >= 11 is 0. The Morgan fingerprint density at radius 3 is 2.82 bits per heavy atom. The first kappa shape index (κ1) is 22.1. The summed E-state index contributed by atoms with van der Waals surface area (Å²) in [4.78, 5) is 4.52. The van der Waals surface area contributed by atoms with E-state index in [1.54, 1.807) is 24.0 Å². The smallest absolute Gasteiger partial charge is 0.191 e. The summed E-state index contributed by atoms with van der Waals surface area (Å²) in [5, 5.41) is 29.6. The van der Waals surface area contributed by atoms with E-state index in [4.69, 9.17) is 0 Å². The van der Waals surface area contributed by atoms with Gasteiger partial charge in [-0.05, 0) is 26.0 Å². The number of rotatable bonds is 7. The topological polar surface area (TPSA) is 105 Å². The molecule has 1 unspecified atom stereocenters. The highest BCUT2D eigenvalue weighted by molar-refractivity contribution is 14.0. The van der Waals surface area contributed by atoms with E-state index >= 15 is 0 Å². The van der Waals surface area contributed by atoms with Gasteiger partial charge in [0.25, 0.3) is 0 Å².